The van der Waals surface area contributed by atoms with Gasteiger partial charge in [0.2, 0.25) is 0 Å². The molecule has 0 spiro atoms. The topological polar surface area (TPSA) is 83.1 Å². The molecule has 1 aliphatic heterocycles. The Labute approximate surface area is 239 Å². The van der Waals surface area contributed by atoms with E-state index in [2.05, 4.69) is 34.2 Å². The molecule has 214 valence electrons. The van der Waals surface area contributed by atoms with E-state index in [0.717, 1.165) is 57.2 Å². The summed E-state index contributed by atoms with van der Waals surface area (Å²) in [5.74, 6) is 1.25. The number of nitrogens with one attached hydrogen (secondary N) is 1. The number of amides is 2. The lowest BCUT2D eigenvalue weighted by molar-refractivity contribution is 0.0765. The van der Waals surface area contributed by atoms with Crippen molar-refractivity contribution in [2.75, 3.05) is 52.2 Å². The number of urea groups is 1. The van der Waals surface area contributed by atoms with Gasteiger partial charge >= 0.3 is 6.03 Å². The first kappa shape index (κ1) is 28.2. The molecular weight excluding hydrogens is 535 g/mol. The minimum atomic E-state index is -0.486. The van der Waals surface area contributed by atoms with Gasteiger partial charge in [0.15, 0.2) is 11.5 Å². The number of hydrogen-bond donors (Lipinski definition) is 1. The normalized spacial score (nSPS) is 19.9. The molecule has 1 aromatic heterocycles. The first-order chi connectivity index (χ1) is 19.4. The molecule has 9 nitrogen and oxygen atoms in total. The van der Waals surface area contributed by atoms with Crippen molar-refractivity contribution in [3.8, 4) is 11.5 Å². The molecule has 3 aromatic rings. The number of likely N-dealkylation sites (N-methyl/N-ethyl adjacent to an activating group) is 1. The van der Waals surface area contributed by atoms with Crippen molar-refractivity contribution < 1.29 is 18.7 Å². The zero-order valence-electron chi connectivity index (χ0n) is 23.2. The van der Waals surface area contributed by atoms with E-state index in [9.17, 15) is 9.18 Å². The number of benzene rings is 2. The van der Waals surface area contributed by atoms with Crippen LogP contribution in [0.5, 0.6) is 11.5 Å². The standard InChI is InChI=1S/C29H36ClFN6O3/c1-4-37(29(38)36-13-11-35(2)12-14-36)20-6-8-21(9-7-20)40-27-16-22-25(17-26(27)39-3)32-18-33-28(22)34-19-5-10-24(31)23(30)15-19/h5,10,15-18,20-21H,4,6-9,11-14H2,1-3H3,(H,32,33,34). The van der Waals surface area contributed by atoms with Gasteiger partial charge in [-0.3, -0.25) is 0 Å². The Morgan fingerprint density at radius 3 is 2.52 bits per heavy atom. The highest BCUT2D eigenvalue weighted by Crippen LogP contribution is 2.37. The second-order valence-corrected chi connectivity index (χ2v) is 10.8. The van der Waals surface area contributed by atoms with Crippen LogP contribution in [0.4, 0.5) is 20.7 Å². The molecule has 1 saturated heterocycles. The molecule has 1 N–H and O–H groups in total. The number of ether oxygens (including phenoxy) is 2. The van der Waals surface area contributed by atoms with E-state index in [1.807, 2.05) is 21.9 Å². The van der Waals surface area contributed by atoms with Crippen LogP contribution in [0.3, 0.4) is 0 Å². The molecule has 1 saturated carbocycles. The summed E-state index contributed by atoms with van der Waals surface area (Å²) in [5.41, 5.74) is 1.29. The Morgan fingerprint density at radius 1 is 1.10 bits per heavy atom. The number of methoxy groups -OCH3 is 1. The van der Waals surface area contributed by atoms with E-state index in [1.54, 1.807) is 13.2 Å². The molecule has 0 bridgehead atoms. The highest BCUT2D eigenvalue weighted by molar-refractivity contribution is 6.31. The number of aromatic nitrogens is 2. The van der Waals surface area contributed by atoms with Gasteiger partial charge in [0.25, 0.3) is 0 Å². The number of fused-ring (bicyclic) bond motifs is 1. The van der Waals surface area contributed by atoms with Crippen LogP contribution in [0.15, 0.2) is 36.7 Å². The van der Waals surface area contributed by atoms with Crippen molar-refractivity contribution in [3.63, 3.8) is 0 Å². The molecule has 40 heavy (non-hydrogen) atoms. The summed E-state index contributed by atoms with van der Waals surface area (Å²) in [6.45, 7) is 6.15. The number of carbonyl (C=O) groups is 1. The van der Waals surface area contributed by atoms with Gasteiger partial charge in [-0.05, 0) is 63.9 Å². The molecule has 0 atom stereocenters. The maximum absolute atomic E-state index is 13.6. The molecule has 0 radical (unpaired) electrons. The molecule has 11 heteroatoms. The fraction of sp³-hybridized carbons (Fsp3) is 0.483. The van der Waals surface area contributed by atoms with Gasteiger partial charge in [0, 0.05) is 55.9 Å². The van der Waals surface area contributed by atoms with Gasteiger partial charge in [-0.2, -0.15) is 0 Å². The lowest BCUT2D eigenvalue weighted by atomic mass is 9.91. The molecule has 2 aliphatic rings. The number of hydrogen-bond acceptors (Lipinski definition) is 7. The largest absolute Gasteiger partial charge is 0.493 e. The second kappa shape index (κ2) is 12.4. The predicted molar refractivity (Wildman–Crippen MR) is 154 cm³/mol. The van der Waals surface area contributed by atoms with Crippen molar-refractivity contribution in [1.29, 1.82) is 0 Å². The molecular formula is C29H36ClFN6O3. The van der Waals surface area contributed by atoms with Gasteiger partial charge in [0.1, 0.15) is 18.0 Å². The third-order valence-electron chi connectivity index (χ3n) is 7.84. The van der Waals surface area contributed by atoms with Crippen LogP contribution in [-0.4, -0.2) is 89.7 Å². The van der Waals surface area contributed by atoms with Crippen molar-refractivity contribution >= 4 is 40.0 Å². The first-order valence-electron chi connectivity index (χ1n) is 13.8. The minimum absolute atomic E-state index is 0.00279. The summed E-state index contributed by atoms with van der Waals surface area (Å²) >= 11 is 5.96. The van der Waals surface area contributed by atoms with Crippen LogP contribution in [-0.2, 0) is 0 Å². The highest BCUT2D eigenvalue weighted by atomic mass is 35.5. The number of rotatable bonds is 7. The lowest BCUT2D eigenvalue weighted by Gasteiger charge is -2.41. The first-order valence-corrected chi connectivity index (χ1v) is 14.2. The molecule has 0 unspecified atom stereocenters. The van der Waals surface area contributed by atoms with Gasteiger partial charge in [-0.15, -0.1) is 0 Å². The lowest BCUT2D eigenvalue weighted by Crippen LogP contribution is -2.54. The summed E-state index contributed by atoms with van der Waals surface area (Å²) in [5, 5.41) is 3.97. The van der Waals surface area contributed by atoms with Gasteiger partial charge < -0.3 is 29.5 Å². The number of anilines is 2. The quantitative estimate of drug-likeness (QED) is 0.398. The molecule has 5 rings (SSSR count). The second-order valence-electron chi connectivity index (χ2n) is 10.4. The van der Waals surface area contributed by atoms with E-state index in [-0.39, 0.29) is 23.2 Å². The minimum Gasteiger partial charge on any atom is -0.493 e. The monoisotopic (exact) mass is 570 g/mol. The van der Waals surface area contributed by atoms with Crippen LogP contribution in [0.1, 0.15) is 32.6 Å². The predicted octanol–water partition coefficient (Wildman–Crippen LogP) is 5.55. The Hall–Kier alpha value is -3.37. The molecule has 2 fully saturated rings. The van der Waals surface area contributed by atoms with Crippen molar-refractivity contribution in [2.24, 2.45) is 0 Å². The van der Waals surface area contributed by atoms with Crippen LogP contribution in [0, 0.1) is 5.82 Å². The van der Waals surface area contributed by atoms with Gasteiger partial charge in [0.05, 0.1) is 23.8 Å². The SMILES string of the molecule is CCN(C(=O)N1CCN(C)CC1)C1CCC(Oc2cc3c(Nc4ccc(F)c(Cl)c4)ncnc3cc2OC)CC1. The molecule has 1 aliphatic carbocycles. The zero-order valence-corrected chi connectivity index (χ0v) is 24.0. The van der Waals surface area contributed by atoms with Crippen LogP contribution >= 0.6 is 11.6 Å². The van der Waals surface area contributed by atoms with Crippen molar-refractivity contribution in [2.45, 2.75) is 44.8 Å². The molecule has 2 amide bonds. The molecule has 2 heterocycles. The van der Waals surface area contributed by atoms with Crippen LogP contribution in [0.25, 0.3) is 10.9 Å². The van der Waals surface area contributed by atoms with E-state index in [0.29, 0.717) is 35.1 Å². The van der Waals surface area contributed by atoms with Crippen LogP contribution < -0.4 is 14.8 Å². The Bertz CT molecular complexity index is 1340. The fourth-order valence-electron chi connectivity index (χ4n) is 5.51. The number of piperazine rings is 1. The van der Waals surface area contributed by atoms with E-state index in [4.69, 9.17) is 21.1 Å². The van der Waals surface area contributed by atoms with Crippen molar-refractivity contribution in [1.82, 2.24) is 24.7 Å². The number of halogens is 2. The summed E-state index contributed by atoms with van der Waals surface area (Å²) in [4.78, 5) is 28.3. The maximum Gasteiger partial charge on any atom is 0.320 e. The summed E-state index contributed by atoms with van der Waals surface area (Å²) in [7, 11) is 3.70. The smallest absolute Gasteiger partial charge is 0.320 e. The van der Waals surface area contributed by atoms with E-state index < -0.39 is 5.82 Å². The average molecular weight is 571 g/mol. The van der Waals surface area contributed by atoms with E-state index >= 15 is 0 Å². The van der Waals surface area contributed by atoms with Gasteiger partial charge in [-0.1, -0.05) is 11.6 Å². The Balaban J connectivity index is 1.28. The Kier molecular flexibility index (Phi) is 8.75. The third-order valence-corrected chi connectivity index (χ3v) is 8.13. The van der Waals surface area contributed by atoms with Crippen molar-refractivity contribution in [3.05, 3.63) is 47.5 Å². The zero-order chi connectivity index (χ0) is 28.2. The van der Waals surface area contributed by atoms with Crippen LogP contribution in [0.2, 0.25) is 5.02 Å². The molecule has 2 aromatic carbocycles. The number of carbonyl (C=O) groups excluding carboxylic acids is 1. The average Bonchev–Trinajstić information content (AvgIpc) is 2.96. The summed E-state index contributed by atoms with van der Waals surface area (Å²) in [6.07, 6.45) is 4.90. The fourth-order valence-corrected chi connectivity index (χ4v) is 5.69. The Morgan fingerprint density at radius 2 is 1.85 bits per heavy atom. The van der Waals surface area contributed by atoms with E-state index in [1.165, 1.54) is 18.5 Å². The summed E-state index contributed by atoms with van der Waals surface area (Å²) < 4.78 is 25.8. The number of nitrogens with zero attached hydrogens (tertiary/aromatic N) is 5. The van der Waals surface area contributed by atoms with Gasteiger partial charge in [-0.25, -0.2) is 19.2 Å². The maximum atomic E-state index is 13.6. The summed E-state index contributed by atoms with van der Waals surface area (Å²) in [6, 6.07) is 8.49. The third kappa shape index (κ3) is 6.18. The highest BCUT2D eigenvalue weighted by Gasteiger charge is 2.32.